The predicted octanol–water partition coefficient (Wildman–Crippen LogP) is 2.65. The van der Waals surface area contributed by atoms with E-state index in [0.29, 0.717) is 0 Å². The summed E-state index contributed by atoms with van der Waals surface area (Å²) < 4.78 is 0. The highest BCUT2D eigenvalue weighted by molar-refractivity contribution is 14.2. The molecule has 0 aromatic rings. The lowest BCUT2D eigenvalue weighted by atomic mass is 10.5. The van der Waals surface area contributed by atoms with Gasteiger partial charge in [-0.05, 0) is 19.2 Å². The van der Waals surface area contributed by atoms with Gasteiger partial charge in [-0.3, -0.25) is 0 Å². The maximum Gasteiger partial charge on any atom is 0.0413 e. The first-order valence-corrected chi connectivity index (χ1v) is 6.84. The van der Waals surface area contributed by atoms with Gasteiger partial charge in [0.2, 0.25) is 0 Å². The first-order chi connectivity index (χ1) is 4.35. The molecule has 0 radical (unpaired) electrons. The van der Waals surface area contributed by atoms with Gasteiger partial charge in [0, 0.05) is 12.5 Å². The molecule has 1 nitrogen and oxygen atoms in total. The number of allylic oxidation sites excluding steroid dienone is 3. The molecule has 0 fully saturated rings. The Hall–Kier alpha value is 0.440. The molecule has 0 spiro atoms. The van der Waals surface area contributed by atoms with Crippen LogP contribution in [-0.4, -0.2) is 7.05 Å². The molecule has 0 amide bonds. The smallest absolute Gasteiger partial charge is 0.0413 e. The molecule has 1 N–H and O–H groups in total. The number of halogens is 1. The molecule has 1 atom stereocenters. The molecule has 52 valence electrons. The summed E-state index contributed by atoms with van der Waals surface area (Å²) in [6.45, 7) is 2.01. The molecule has 0 aliphatic heterocycles. The quantitative estimate of drug-likeness (QED) is 0.464. The largest absolute Gasteiger partial charge is 0.387 e. The first-order valence-electron chi connectivity index (χ1n) is 2.72. The molecule has 0 heterocycles. The molecule has 1 unspecified atom stereocenters. The molecular formula is C6H11INP. The lowest BCUT2D eigenvalue weighted by molar-refractivity contribution is 1.08. The highest BCUT2D eigenvalue weighted by Gasteiger charge is 1.83. The standard InChI is InChI=1S/C6H11INP/c1-3-4-5-6(8-2)9-7/h3-5,8-9H,1-2H3/b4-3-,6-5+. The van der Waals surface area contributed by atoms with E-state index in [4.69, 9.17) is 0 Å². The molecule has 9 heavy (non-hydrogen) atoms. The summed E-state index contributed by atoms with van der Waals surface area (Å²) in [5.41, 5.74) is 1.29. The number of hydrogen-bond acceptors (Lipinski definition) is 1. The number of nitrogens with one attached hydrogen (secondary N) is 1. The van der Waals surface area contributed by atoms with Gasteiger partial charge in [0.25, 0.3) is 0 Å². The van der Waals surface area contributed by atoms with Gasteiger partial charge in [-0.1, -0.05) is 34.2 Å². The fraction of sp³-hybridized carbons (Fsp3) is 0.333. The summed E-state index contributed by atoms with van der Waals surface area (Å²) in [6, 6.07) is 0. The third-order valence-electron chi connectivity index (χ3n) is 0.826. The van der Waals surface area contributed by atoms with Crippen molar-refractivity contribution in [3.05, 3.63) is 23.7 Å². The molecule has 0 aromatic carbocycles. The van der Waals surface area contributed by atoms with E-state index in [9.17, 15) is 0 Å². The fourth-order valence-electron chi connectivity index (χ4n) is 0.355. The second-order valence-electron chi connectivity index (χ2n) is 1.45. The topological polar surface area (TPSA) is 12.0 Å². The SMILES string of the molecule is C/C=C\C=C(/NC)PI. The van der Waals surface area contributed by atoms with E-state index < -0.39 is 0 Å². The zero-order valence-electron chi connectivity index (χ0n) is 5.61. The van der Waals surface area contributed by atoms with Crippen molar-refractivity contribution in [3.8, 4) is 0 Å². The van der Waals surface area contributed by atoms with E-state index in [0.717, 1.165) is 6.22 Å². The van der Waals surface area contributed by atoms with Gasteiger partial charge >= 0.3 is 0 Å². The Morgan fingerprint density at radius 2 is 2.33 bits per heavy atom. The zero-order valence-corrected chi connectivity index (χ0v) is 8.77. The van der Waals surface area contributed by atoms with E-state index in [1.807, 2.05) is 26.1 Å². The Morgan fingerprint density at radius 1 is 1.67 bits per heavy atom. The van der Waals surface area contributed by atoms with Crippen molar-refractivity contribution in [1.29, 1.82) is 0 Å². The lowest BCUT2D eigenvalue weighted by Crippen LogP contribution is -1.98. The Balaban J connectivity index is 3.75. The van der Waals surface area contributed by atoms with Crippen LogP contribution in [0.2, 0.25) is 0 Å². The van der Waals surface area contributed by atoms with Crippen molar-refractivity contribution in [2.45, 2.75) is 6.92 Å². The monoisotopic (exact) mass is 255 g/mol. The lowest BCUT2D eigenvalue weighted by Gasteiger charge is -1.97. The van der Waals surface area contributed by atoms with Crippen molar-refractivity contribution in [3.63, 3.8) is 0 Å². The molecule has 0 aromatic heterocycles. The van der Waals surface area contributed by atoms with Crippen LogP contribution in [-0.2, 0) is 0 Å². The second-order valence-corrected chi connectivity index (χ2v) is 3.80. The second kappa shape index (κ2) is 6.56. The van der Waals surface area contributed by atoms with Gasteiger partial charge in [-0.2, -0.15) is 0 Å². The summed E-state index contributed by atoms with van der Waals surface area (Å²) in [6.07, 6.45) is 6.98. The van der Waals surface area contributed by atoms with E-state index in [2.05, 4.69) is 33.4 Å². The summed E-state index contributed by atoms with van der Waals surface area (Å²) in [4.78, 5) is 0. The Labute approximate surface area is 71.3 Å². The van der Waals surface area contributed by atoms with Crippen LogP contribution >= 0.6 is 28.3 Å². The zero-order chi connectivity index (χ0) is 7.11. The highest BCUT2D eigenvalue weighted by Crippen LogP contribution is 2.28. The van der Waals surface area contributed by atoms with Crippen molar-refractivity contribution in [2.24, 2.45) is 0 Å². The van der Waals surface area contributed by atoms with Crippen molar-refractivity contribution >= 4 is 28.3 Å². The molecule has 0 rings (SSSR count). The van der Waals surface area contributed by atoms with Crippen LogP contribution in [0.3, 0.4) is 0 Å². The molecule has 0 saturated carbocycles. The highest BCUT2D eigenvalue weighted by atomic mass is 127. The van der Waals surface area contributed by atoms with Gasteiger partial charge < -0.3 is 5.32 Å². The van der Waals surface area contributed by atoms with Gasteiger partial charge in [-0.15, -0.1) is 0 Å². The minimum Gasteiger partial charge on any atom is -0.387 e. The van der Waals surface area contributed by atoms with Gasteiger partial charge in [0.05, 0.1) is 0 Å². The summed E-state index contributed by atoms with van der Waals surface area (Å²) in [5, 5.41) is 3.10. The minimum absolute atomic E-state index is 0.827. The summed E-state index contributed by atoms with van der Waals surface area (Å²) in [7, 11) is 1.95. The third kappa shape index (κ3) is 4.91. The Morgan fingerprint density at radius 3 is 2.67 bits per heavy atom. The molecular weight excluding hydrogens is 244 g/mol. The van der Waals surface area contributed by atoms with Crippen LogP contribution < -0.4 is 5.32 Å². The van der Waals surface area contributed by atoms with E-state index in [1.54, 1.807) is 0 Å². The van der Waals surface area contributed by atoms with Gasteiger partial charge in [0.15, 0.2) is 0 Å². The van der Waals surface area contributed by atoms with Crippen LogP contribution in [0.15, 0.2) is 23.7 Å². The van der Waals surface area contributed by atoms with Crippen LogP contribution in [0.25, 0.3) is 0 Å². The Bertz CT molecular complexity index is 114. The van der Waals surface area contributed by atoms with E-state index in [-0.39, 0.29) is 0 Å². The van der Waals surface area contributed by atoms with Crippen molar-refractivity contribution < 1.29 is 0 Å². The van der Waals surface area contributed by atoms with Crippen LogP contribution in [0.4, 0.5) is 0 Å². The summed E-state index contributed by atoms with van der Waals surface area (Å²) in [5.74, 6) is 0. The van der Waals surface area contributed by atoms with Crippen LogP contribution in [0.1, 0.15) is 6.92 Å². The average molecular weight is 255 g/mol. The van der Waals surface area contributed by atoms with Gasteiger partial charge in [-0.25, -0.2) is 0 Å². The first kappa shape index (κ1) is 9.44. The normalized spacial score (nSPS) is 13.9. The van der Waals surface area contributed by atoms with E-state index in [1.165, 1.54) is 5.44 Å². The molecule has 0 saturated heterocycles. The summed E-state index contributed by atoms with van der Waals surface area (Å²) >= 11 is 2.35. The molecule has 0 bridgehead atoms. The predicted molar refractivity (Wildman–Crippen MR) is 54.3 cm³/mol. The molecule has 0 aliphatic carbocycles. The molecule has 3 heteroatoms. The van der Waals surface area contributed by atoms with E-state index >= 15 is 0 Å². The maximum absolute atomic E-state index is 3.10. The fourth-order valence-corrected chi connectivity index (χ4v) is 1.96. The minimum atomic E-state index is 0.827. The van der Waals surface area contributed by atoms with Gasteiger partial charge in [0.1, 0.15) is 0 Å². The number of rotatable bonds is 3. The molecule has 0 aliphatic rings. The average Bonchev–Trinajstić information content (AvgIpc) is 1.91. The van der Waals surface area contributed by atoms with Crippen LogP contribution in [0, 0.1) is 0 Å². The van der Waals surface area contributed by atoms with Crippen molar-refractivity contribution in [1.82, 2.24) is 5.32 Å². The Kier molecular flexibility index (Phi) is 6.88. The number of hydrogen-bond donors (Lipinski definition) is 1. The van der Waals surface area contributed by atoms with Crippen molar-refractivity contribution in [2.75, 3.05) is 7.05 Å². The maximum atomic E-state index is 3.10. The third-order valence-corrected chi connectivity index (χ3v) is 3.19. The van der Waals surface area contributed by atoms with Crippen LogP contribution in [0.5, 0.6) is 0 Å².